The monoisotopic (exact) mass is 262 g/mol. The van der Waals surface area contributed by atoms with Gasteiger partial charge in [-0.25, -0.2) is 0 Å². The van der Waals surface area contributed by atoms with Crippen molar-refractivity contribution in [2.75, 3.05) is 6.54 Å². The summed E-state index contributed by atoms with van der Waals surface area (Å²) in [5.74, 6) is 2.09. The van der Waals surface area contributed by atoms with Crippen LogP contribution in [-0.2, 0) is 9.59 Å². The van der Waals surface area contributed by atoms with E-state index in [9.17, 15) is 9.59 Å². The molecule has 2 amide bonds. The van der Waals surface area contributed by atoms with Gasteiger partial charge in [-0.3, -0.25) is 9.59 Å². The summed E-state index contributed by atoms with van der Waals surface area (Å²) in [6.45, 7) is 0.584. The van der Waals surface area contributed by atoms with E-state index in [1.54, 1.807) is 0 Å². The van der Waals surface area contributed by atoms with Crippen LogP contribution in [0.15, 0.2) is 0 Å². The highest BCUT2D eigenvalue weighted by Gasteiger charge is 2.56. The van der Waals surface area contributed by atoms with Crippen molar-refractivity contribution < 1.29 is 9.59 Å². The Balaban J connectivity index is 1.62. The standard InChI is InChI=1S/C15H22N2O2/c16-14(19)12-4-13(18)17(8-12)15-5-9-1-10(6-15)3-11(2-9)7-15/h9-12H,1-8H2,(H2,16,19). The van der Waals surface area contributed by atoms with E-state index in [4.69, 9.17) is 5.73 Å². The first-order valence-electron chi connectivity index (χ1n) is 7.65. The van der Waals surface area contributed by atoms with Crippen LogP contribution in [0.1, 0.15) is 44.9 Å². The Labute approximate surface area is 113 Å². The average molecular weight is 262 g/mol. The van der Waals surface area contributed by atoms with Crippen LogP contribution < -0.4 is 5.73 Å². The van der Waals surface area contributed by atoms with Gasteiger partial charge in [-0.2, -0.15) is 0 Å². The maximum Gasteiger partial charge on any atom is 0.223 e. The highest BCUT2D eigenvalue weighted by atomic mass is 16.2. The molecule has 104 valence electrons. The smallest absolute Gasteiger partial charge is 0.223 e. The van der Waals surface area contributed by atoms with Gasteiger partial charge < -0.3 is 10.6 Å². The largest absolute Gasteiger partial charge is 0.369 e. The van der Waals surface area contributed by atoms with Gasteiger partial charge in [0.1, 0.15) is 0 Å². The average Bonchev–Trinajstić information content (AvgIpc) is 2.70. The van der Waals surface area contributed by atoms with Crippen molar-refractivity contribution >= 4 is 11.8 Å². The second-order valence-electron chi connectivity index (χ2n) is 7.45. The molecular formula is C15H22N2O2. The van der Waals surface area contributed by atoms with E-state index in [0.717, 1.165) is 17.8 Å². The second kappa shape index (κ2) is 3.74. The first kappa shape index (κ1) is 11.7. The van der Waals surface area contributed by atoms with Crippen LogP contribution in [0, 0.1) is 23.7 Å². The van der Waals surface area contributed by atoms with Crippen molar-refractivity contribution in [1.29, 1.82) is 0 Å². The van der Waals surface area contributed by atoms with Crippen LogP contribution in [0.2, 0.25) is 0 Å². The number of primary amides is 1. The molecule has 0 aromatic carbocycles. The third-order valence-corrected chi connectivity index (χ3v) is 6.11. The van der Waals surface area contributed by atoms with Gasteiger partial charge in [-0.1, -0.05) is 0 Å². The Kier molecular flexibility index (Phi) is 2.31. The van der Waals surface area contributed by atoms with E-state index in [0.29, 0.717) is 13.0 Å². The molecule has 0 aromatic rings. The van der Waals surface area contributed by atoms with Crippen LogP contribution in [0.4, 0.5) is 0 Å². The van der Waals surface area contributed by atoms with Gasteiger partial charge in [0.15, 0.2) is 0 Å². The van der Waals surface area contributed by atoms with Crippen molar-refractivity contribution in [3.8, 4) is 0 Å². The first-order chi connectivity index (χ1) is 9.06. The number of hydrogen-bond acceptors (Lipinski definition) is 2. The topological polar surface area (TPSA) is 63.4 Å². The molecule has 4 saturated carbocycles. The molecular weight excluding hydrogens is 240 g/mol. The first-order valence-corrected chi connectivity index (χ1v) is 7.65. The van der Waals surface area contributed by atoms with Gasteiger partial charge in [-0.05, 0) is 56.3 Å². The molecule has 1 aliphatic heterocycles. The van der Waals surface area contributed by atoms with Crippen molar-refractivity contribution in [2.45, 2.75) is 50.5 Å². The lowest BCUT2D eigenvalue weighted by Gasteiger charge is -2.59. The quantitative estimate of drug-likeness (QED) is 0.815. The van der Waals surface area contributed by atoms with Crippen LogP contribution in [0.25, 0.3) is 0 Å². The zero-order valence-electron chi connectivity index (χ0n) is 11.3. The second-order valence-corrected chi connectivity index (χ2v) is 7.45. The van der Waals surface area contributed by atoms with Crippen molar-refractivity contribution in [3.05, 3.63) is 0 Å². The Morgan fingerprint density at radius 3 is 2.05 bits per heavy atom. The Morgan fingerprint density at radius 2 is 1.63 bits per heavy atom. The molecule has 1 heterocycles. The van der Waals surface area contributed by atoms with E-state index < -0.39 is 0 Å². The molecule has 1 saturated heterocycles. The minimum Gasteiger partial charge on any atom is -0.369 e. The highest BCUT2D eigenvalue weighted by molar-refractivity contribution is 5.88. The van der Waals surface area contributed by atoms with Crippen molar-refractivity contribution in [1.82, 2.24) is 4.90 Å². The summed E-state index contributed by atoms with van der Waals surface area (Å²) >= 11 is 0. The van der Waals surface area contributed by atoms with Gasteiger partial charge in [0.2, 0.25) is 11.8 Å². The summed E-state index contributed by atoms with van der Waals surface area (Å²) in [6, 6.07) is 0. The number of likely N-dealkylation sites (tertiary alicyclic amines) is 1. The van der Waals surface area contributed by atoms with Gasteiger partial charge in [0, 0.05) is 18.5 Å². The predicted octanol–water partition coefficient (Wildman–Crippen LogP) is 1.29. The van der Waals surface area contributed by atoms with Crippen LogP contribution in [0.3, 0.4) is 0 Å². The van der Waals surface area contributed by atoms with Crippen LogP contribution >= 0.6 is 0 Å². The molecule has 0 spiro atoms. The molecule has 4 nitrogen and oxygen atoms in total. The lowest BCUT2D eigenvalue weighted by atomic mass is 9.52. The molecule has 4 heteroatoms. The lowest BCUT2D eigenvalue weighted by molar-refractivity contribution is -0.145. The minimum atomic E-state index is -0.305. The highest BCUT2D eigenvalue weighted by Crippen LogP contribution is 2.58. The molecule has 2 N–H and O–H groups in total. The Bertz CT molecular complexity index is 410. The Hall–Kier alpha value is -1.06. The fraction of sp³-hybridized carbons (Fsp3) is 0.867. The third-order valence-electron chi connectivity index (χ3n) is 6.11. The zero-order chi connectivity index (χ0) is 13.2. The third kappa shape index (κ3) is 1.65. The summed E-state index contributed by atoms with van der Waals surface area (Å²) in [5.41, 5.74) is 5.49. The summed E-state index contributed by atoms with van der Waals surface area (Å²) in [5, 5.41) is 0. The van der Waals surface area contributed by atoms with E-state index in [-0.39, 0.29) is 23.3 Å². The summed E-state index contributed by atoms with van der Waals surface area (Å²) in [7, 11) is 0. The molecule has 4 bridgehead atoms. The predicted molar refractivity (Wildman–Crippen MR) is 69.9 cm³/mol. The number of nitrogens with two attached hydrogens (primary N) is 1. The van der Waals surface area contributed by atoms with Crippen molar-refractivity contribution in [3.63, 3.8) is 0 Å². The van der Waals surface area contributed by atoms with E-state index in [1.807, 2.05) is 0 Å². The number of nitrogens with zero attached hydrogens (tertiary/aromatic N) is 1. The molecule has 5 rings (SSSR count). The van der Waals surface area contributed by atoms with E-state index in [1.165, 1.54) is 38.5 Å². The molecule has 19 heavy (non-hydrogen) atoms. The fourth-order valence-electron chi connectivity index (χ4n) is 5.75. The molecule has 4 aliphatic carbocycles. The van der Waals surface area contributed by atoms with Gasteiger partial charge in [0.05, 0.1) is 5.92 Å². The molecule has 1 atom stereocenters. The summed E-state index contributed by atoms with van der Waals surface area (Å²) < 4.78 is 0. The van der Waals surface area contributed by atoms with Gasteiger partial charge >= 0.3 is 0 Å². The zero-order valence-corrected chi connectivity index (χ0v) is 11.3. The fourth-order valence-corrected chi connectivity index (χ4v) is 5.75. The number of rotatable bonds is 2. The molecule has 5 fully saturated rings. The van der Waals surface area contributed by atoms with Crippen LogP contribution in [0.5, 0.6) is 0 Å². The number of carbonyl (C=O) groups is 2. The lowest BCUT2D eigenvalue weighted by Crippen LogP contribution is -2.60. The minimum absolute atomic E-state index is 0.0933. The van der Waals surface area contributed by atoms with Crippen LogP contribution in [-0.4, -0.2) is 28.8 Å². The molecule has 0 aromatic heterocycles. The van der Waals surface area contributed by atoms with Gasteiger partial charge in [-0.15, -0.1) is 0 Å². The van der Waals surface area contributed by atoms with Gasteiger partial charge in [0.25, 0.3) is 0 Å². The SMILES string of the molecule is NC(=O)C1CC(=O)N(C23CC4CC(CC(C4)C2)C3)C1. The maximum atomic E-state index is 12.3. The molecule has 5 aliphatic rings. The summed E-state index contributed by atoms with van der Waals surface area (Å²) in [6.07, 6.45) is 8.00. The molecule has 0 radical (unpaired) electrons. The maximum absolute atomic E-state index is 12.3. The molecule has 1 unspecified atom stereocenters. The summed E-state index contributed by atoms with van der Waals surface area (Å²) in [4.78, 5) is 25.7. The van der Waals surface area contributed by atoms with E-state index >= 15 is 0 Å². The number of carbonyl (C=O) groups excluding carboxylic acids is 2. The van der Waals surface area contributed by atoms with Crippen molar-refractivity contribution in [2.24, 2.45) is 29.4 Å². The normalized spacial score (nSPS) is 48.0. The van der Waals surface area contributed by atoms with E-state index in [2.05, 4.69) is 4.90 Å². The Morgan fingerprint density at radius 1 is 1.11 bits per heavy atom. The number of hydrogen-bond donors (Lipinski definition) is 1. The number of amides is 2.